The summed E-state index contributed by atoms with van der Waals surface area (Å²) in [6, 6.07) is 12.0. The molecule has 0 heterocycles. The molecule has 2 amide bonds. The fourth-order valence-corrected chi connectivity index (χ4v) is 2.33. The van der Waals surface area contributed by atoms with Crippen molar-refractivity contribution in [3.8, 4) is 5.75 Å². The number of ether oxygens (including phenoxy) is 1. The Labute approximate surface area is 136 Å². The number of methoxy groups -OCH3 is 1. The Morgan fingerprint density at radius 3 is 2.45 bits per heavy atom. The summed E-state index contributed by atoms with van der Waals surface area (Å²) in [5.41, 5.74) is 1.21. The molecule has 2 rings (SSSR count). The molecule has 0 saturated heterocycles. The molecule has 0 aliphatic carbocycles. The molecular formula is C16H15BrN2O3. The highest BCUT2D eigenvalue weighted by atomic mass is 79.9. The lowest BCUT2D eigenvalue weighted by molar-refractivity contribution is 0.0964. The van der Waals surface area contributed by atoms with Crippen LogP contribution in [0.25, 0.3) is 0 Å². The van der Waals surface area contributed by atoms with Crippen LogP contribution in [-0.2, 0) is 0 Å². The number of halogens is 1. The third kappa shape index (κ3) is 3.46. The van der Waals surface area contributed by atoms with Crippen molar-refractivity contribution in [3.05, 3.63) is 58.1 Å². The van der Waals surface area contributed by atoms with Gasteiger partial charge in [-0.2, -0.15) is 0 Å². The quantitative estimate of drug-likeness (QED) is 0.878. The van der Waals surface area contributed by atoms with E-state index in [0.717, 1.165) is 4.47 Å². The lowest BCUT2D eigenvalue weighted by Gasteiger charge is -2.12. The molecule has 0 radical (unpaired) electrons. The van der Waals surface area contributed by atoms with Crippen LogP contribution in [-0.4, -0.2) is 26.0 Å². The van der Waals surface area contributed by atoms with E-state index in [-0.39, 0.29) is 11.8 Å². The molecule has 2 aromatic carbocycles. The largest absolute Gasteiger partial charge is 0.496 e. The van der Waals surface area contributed by atoms with Crippen molar-refractivity contribution in [2.24, 2.45) is 0 Å². The van der Waals surface area contributed by atoms with E-state index in [0.29, 0.717) is 22.6 Å². The van der Waals surface area contributed by atoms with E-state index in [2.05, 4.69) is 26.6 Å². The molecule has 22 heavy (non-hydrogen) atoms. The van der Waals surface area contributed by atoms with Gasteiger partial charge < -0.3 is 15.4 Å². The van der Waals surface area contributed by atoms with Crippen molar-refractivity contribution in [1.82, 2.24) is 5.32 Å². The van der Waals surface area contributed by atoms with E-state index >= 15 is 0 Å². The lowest BCUT2D eigenvalue weighted by Crippen LogP contribution is -2.21. The van der Waals surface area contributed by atoms with Crippen molar-refractivity contribution >= 4 is 33.4 Å². The van der Waals surface area contributed by atoms with Crippen LogP contribution in [0.5, 0.6) is 5.75 Å². The SMILES string of the molecule is CNC(=O)c1ccccc1NC(=O)c1cc(Br)ccc1OC. The molecule has 0 bridgehead atoms. The van der Waals surface area contributed by atoms with Crippen LogP contribution in [0.4, 0.5) is 5.69 Å². The molecule has 2 N–H and O–H groups in total. The summed E-state index contributed by atoms with van der Waals surface area (Å²) >= 11 is 3.33. The molecule has 0 fully saturated rings. The topological polar surface area (TPSA) is 67.4 Å². The molecule has 0 saturated carbocycles. The molecule has 0 aliphatic heterocycles. The van der Waals surface area contributed by atoms with E-state index in [4.69, 9.17) is 4.74 Å². The highest BCUT2D eigenvalue weighted by Gasteiger charge is 2.16. The Morgan fingerprint density at radius 1 is 1.05 bits per heavy atom. The Morgan fingerprint density at radius 2 is 1.77 bits per heavy atom. The number of rotatable bonds is 4. The number of amides is 2. The zero-order valence-corrected chi connectivity index (χ0v) is 13.7. The Hall–Kier alpha value is -2.34. The fourth-order valence-electron chi connectivity index (χ4n) is 1.97. The summed E-state index contributed by atoms with van der Waals surface area (Å²) in [4.78, 5) is 24.3. The van der Waals surface area contributed by atoms with Gasteiger partial charge in [-0.3, -0.25) is 9.59 Å². The van der Waals surface area contributed by atoms with Crippen molar-refractivity contribution < 1.29 is 14.3 Å². The van der Waals surface area contributed by atoms with Gasteiger partial charge >= 0.3 is 0 Å². The summed E-state index contributed by atoms with van der Waals surface area (Å²) in [6.45, 7) is 0. The smallest absolute Gasteiger partial charge is 0.259 e. The van der Waals surface area contributed by atoms with Gasteiger partial charge in [0.05, 0.1) is 23.9 Å². The van der Waals surface area contributed by atoms with Crippen LogP contribution >= 0.6 is 15.9 Å². The molecule has 0 unspecified atom stereocenters. The highest BCUT2D eigenvalue weighted by molar-refractivity contribution is 9.10. The second kappa shape index (κ2) is 7.09. The van der Waals surface area contributed by atoms with Gasteiger partial charge in [0, 0.05) is 11.5 Å². The van der Waals surface area contributed by atoms with E-state index in [1.54, 1.807) is 42.5 Å². The third-order valence-electron chi connectivity index (χ3n) is 3.05. The predicted molar refractivity (Wildman–Crippen MR) is 88.5 cm³/mol. The van der Waals surface area contributed by atoms with Gasteiger partial charge in [-0.05, 0) is 30.3 Å². The van der Waals surface area contributed by atoms with Gasteiger partial charge in [0.25, 0.3) is 11.8 Å². The average molecular weight is 363 g/mol. The average Bonchev–Trinajstić information content (AvgIpc) is 2.54. The van der Waals surface area contributed by atoms with E-state index in [1.165, 1.54) is 14.2 Å². The number of carbonyl (C=O) groups is 2. The maximum absolute atomic E-state index is 12.5. The molecule has 114 valence electrons. The maximum Gasteiger partial charge on any atom is 0.259 e. The van der Waals surface area contributed by atoms with Crippen molar-refractivity contribution in [2.75, 3.05) is 19.5 Å². The second-order valence-corrected chi connectivity index (χ2v) is 5.34. The number of para-hydroxylation sites is 1. The zero-order chi connectivity index (χ0) is 16.1. The Bertz CT molecular complexity index is 716. The first kappa shape index (κ1) is 16.0. The third-order valence-corrected chi connectivity index (χ3v) is 3.55. The number of anilines is 1. The first-order valence-corrected chi connectivity index (χ1v) is 7.32. The summed E-state index contributed by atoms with van der Waals surface area (Å²) < 4.78 is 5.96. The lowest BCUT2D eigenvalue weighted by atomic mass is 10.1. The monoisotopic (exact) mass is 362 g/mol. The van der Waals surface area contributed by atoms with Gasteiger partial charge in [-0.15, -0.1) is 0 Å². The molecular weight excluding hydrogens is 348 g/mol. The molecule has 0 aromatic heterocycles. The van der Waals surface area contributed by atoms with Gasteiger partial charge in [0.2, 0.25) is 0 Å². The standard InChI is InChI=1S/C16H15BrN2O3/c1-18-15(20)11-5-3-4-6-13(11)19-16(21)12-9-10(17)7-8-14(12)22-2/h3-9H,1-2H3,(H,18,20)(H,19,21). The summed E-state index contributed by atoms with van der Waals surface area (Å²) in [7, 11) is 3.04. The minimum atomic E-state index is -0.352. The van der Waals surface area contributed by atoms with E-state index < -0.39 is 0 Å². The number of hydrogen-bond acceptors (Lipinski definition) is 3. The summed E-state index contributed by atoms with van der Waals surface area (Å²) in [5, 5.41) is 5.29. The second-order valence-electron chi connectivity index (χ2n) is 4.42. The first-order chi connectivity index (χ1) is 10.6. The van der Waals surface area contributed by atoms with Crippen LogP contribution in [0.1, 0.15) is 20.7 Å². The number of hydrogen-bond donors (Lipinski definition) is 2. The predicted octanol–water partition coefficient (Wildman–Crippen LogP) is 3.07. The number of carbonyl (C=O) groups excluding carboxylic acids is 2. The van der Waals surface area contributed by atoms with Crippen LogP contribution < -0.4 is 15.4 Å². The summed E-state index contributed by atoms with van der Waals surface area (Å²) in [6.07, 6.45) is 0. The highest BCUT2D eigenvalue weighted by Crippen LogP contribution is 2.24. The summed E-state index contributed by atoms with van der Waals surface area (Å²) in [5.74, 6) is -0.162. The molecule has 2 aromatic rings. The van der Waals surface area contributed by atoms with Gasteiger partial charge in [0.1, 0.15) is 5.75 Å². The molecule has 5 nitrogen and oxygen atoms in total. The molecule has 0 atom stereocenters. The van der Waals surface area contributed by atoms with Gasteiger partial charge in [-0.25, -0.2) is 0 Å². The Balaban J connectivity index is 2.34. The minimum absolute atomic E-state index is 0.267. The Kier molecular flexibility index (Phi) is 5.16. The van der Waals surface area contributed by atoms with Gasteiger partial charge in [-0.1, -0.05) is 28.1 Å². The van der Waals surface area contributed by atoms with E-state index in [9.17, 15) is 9.59 Å². The first-order valence-electron chi connectivity index (χ1n) is 6.52. The maximum atomic E-state index is 12.5. The molecule has 6 heteroatoms. The van der Waals surface area contributed by atoms with Crippen molar-refractivity contribution in [2.45, 2.75) is 0 Å². The molecule has 0 spiro atoms. The normalized spacial score (nSPS) is 9.95. The van der Waals surface area contributed by atoms with Gasteiger partial charge in [0.15, 0.2) is 0 Å². The molecule has 0 aliphatic rings. The van der Waals surface area contributed by atoms with Crippen LogP contribution in [0.3, 0.4) is 0 Å². The van der Waals surface area contributed by atoms with E-state index in [1.807, 2.05) is 0 Å². The number of benzene rings is 2. The van der Waals surface area contributed by atoms with Crippen LogP contribution in [0, 0.1) is 0 Å². The zero-order valence-electron chi connectivity index (χ0n) is 12.1. The van der Waals surface area contributed by atoms with Crippen molar-refractivity contribution in [3.63, 3.8) is 0 Å². The fraction of sp³-hybridized carbons (Fsp3) is 0.125. The van der Waals surface area contributed by atoms with Crippen LogP contribution in [0.2, 0.25) is 0 Å². The minimum Gasteiger partial charge on any atom is -0.496 e. The van der Waals surface area contributed by atoms with Crippen LogP contribution in [0.15, 0.2) is 46.9 Å². The number of nitrogens with one attached hydrogen (secondary N) is 2. The van der Waals surface area contributed by atoms with Crippen molar-refractivity contribution in [1.29, 1.82) is 0 Å².